The molecule has 3 aromatic heterocycles. The van der Waals surface area contributed by atoms with E-state index in [1.807, 2.05) is 29.6 Å². The Kier molecular flexibility index (Phi) is 5.36. The summed E-state index contributed by atoms with van der Waals surface area (Å²) in [5, 5.41) is 5.51. The van der Waals surface area contributed by atoms with Crippen LogP contribution in [0, 0.1) is 0 Å². The Morgan fingerprint density at radius 1 is 1.10 bits per heavy atom. The van der Waals surface area contributed by atoms with Crippen molar-refractivity contribution < 1.29 is 14.4 Å². The molecule has 9 heteroatoms. The summed E-state index contributed by atoms with van der Waals surface area (Å²) in [5.74, 6) is -2.54. The number of amides is 2. The normalized spacial score (nSPS) is 11.9. The molecular formula is C21H17N5O3S. The lowest BCUT2D eigenvalue weighted by Crippen LogP contribution is -2.47. The van der Waals surface area contributed by atoms with Gasteiger partial charge < -0.3 is 16.0 Å². The van der Waals surface area contributed by atoms with Crippen LogP contribution in [0.2, 0.25) is 0 Å². The molecule has 8 nitrogen and oxygen atoms in total. The first-order chi connectivity index (χ1) is 14.5. The van der Waals surface area contributed by atoms with E-state index in [1.54, 1.807) is 24.4 Å². The molecule has 0 aliphatic rings. The predicted molar refractivity (Wildman–Crippen MR) is 113 cm³/mol. The maximum absolute atomic E-state index is 12.9. The minimum Gasteiger partial charge on any atom is -0.363 e. The average molecular weight is 419 g/mol. The minimum atomic E-state index is -1.10. The van der Waals surface area contributed by atoms with Gasteiger partial charge in [-0.2, -0.15) is 0 Å². The van der Waals surface area contributed by atoms with Crippen molar-refractivity contribution in [1.29, 1.82) is 0 Å². The first-order valence-electron chi connectivity index (χ1n) is 9.09. The van der Waals surface area contributed by atoms with Gasteiger partial charge in [-0.3, -0.25) is 19.4 Å². The van der Waals surface area contributed by atoms with Crippen LogP contribution in [-0.4, -0.2) is 38.6 Å². The van der Waals surface area contributed by atoms with Crippen LogP contribution < -0.4 is 11.1 Å². The Morgan fingerprint density at radius 3 is 2.67 bits per heavy atom. The van der Waals surface area contributed by atoms with Gasteiger partial charge in [-0.1, -0.05) is 24.3 Å². The summed E-state index contributed by atoms with van der Waals surface area (Å²) < 4.78 is 1.05. The van der Waals surface area contributed by atoms with Crippen LogP contribution in [0.1, 0.15) is 16.1 Å². The highest BCUT2D eigenvalue weighted by molar-refractivity contribution is 7.17. The molecule has 0 aliphatic heterocycles. The molecule has 0 spiro atoms. The van der Waals surface area contributed by atoms with Gasteiger partial charge in [-0.05, 0) is 34.5 Å². The zero-order valence-electron chi connectivity index (χ0n) is 15.7. The van der Waals surface area contributed by atoms with Crippen molar-refractivity contribution in [3.63, 3.8) is 0 Å². The SMILES string of the molecule is NC(=O)C(=O)C(Cc1csc2ccccc12)NC(=O)c1[nH]cnc1-c1ccccn1. The Balaban J connectivity index is 1.62. The number of nitrogens with one attached hydrogen (secondary N) is 2. The fourth-order valence-electron chi connectivity index (χ4n) is 3.19. The molecule has 1 aromatic carbocycles. The number of imidazole rings is 1. The molecule has 2 amide bonds. The highest BCUT2D eigenvalue weighted by Gasteiger charge is 2.28. The number of aromatic nitrogens is 3. The molecule has 0 saturated heterocycles. The summed E-state index contributed by atoms with van der Waals surface area (Å²) in [6.45, 7) is 0. The van der Waals surface area contributed by atoms with E-state index in [0.29, 0.717) is 11.4 Å². The number of primary amides is 1. The van der Waals surface area contributed by atoms with Gasteiger partial charge in [0, 0.05) is 17.3 Å². The largest absolute Gasteiger partial charge is 0.363 e. The lowest BCUT2D eigenvalue weighted by atomic mass is 10.0. The summed E-state index contributed by atoms with van der Waals surface area (Å²) in [6, 6.07) is 11.9. The fourth-order valence-corrected chi connectivity index (χ4v) is 4.16. The molecule has 150 valence electrons. The number of ketones is 1. The molecule has 30 heavy (non-hydrogen) atoms. The van der Waals surface area contributed by atoms with Crippen LogP contribution in [0.25, 0.3) is 21.5 Å². The topological polar surface area (TPSA) is 131 Å². The number of hydrogen-bond donors (Lipinski definition) is 3. The lowest BCUT2D eigenvalue weighted by Gasteiger charge is -2.16. The summed E-state index contributed by atoms with van der Waals surface area (Å²) in [6.07, 6.45) is 3.10. The number of carbonyl (C=O) groups is 3. The maximum atomic E-state index is 12.9. The maximum Gasteiger partial charge on any atom is 0.287 e. The van der Waals surface area contributed by atoms with Crippen LogP contribution in [0.5, 0.6) is 0 Å². The number of H-pyrrole nitrogens is 1. The van der Waals surface area contributed by atoms with E-state index < -0.39 is 23.6 Å². The quantitative estimate of drug-likeness (QED) is 0.395. The molecule has 0 bridgehead atoms. The highest BCUT2D eigenvalue weighted by atomic mass is 32.1. The number of nitrogens with zero attached hydrogens (tertiary/aromatic N) is 2. The highest BCUT2D eigenvalue weighted by Crippen LogP contribution is 2.27. The average Bonchev–Trinajstić information content (AvgIpc) is 3.41. The first kappa shape index (κ1) is 19.5. The van der Waals surface area contributed by atoms with Crippen LogP contribution in [0.15, 0.2) is 60.4 Å². The van der Waals surface area contributed by atoms with Crippen molar-refractivity contribution >= 4 is 39.0 Å². The van der Waals surface area contributed by atoms with Crippen molar-refractivity contribution in [2.45, 2.75) is 12.5 Å². The summed E-state index contributed by atoms with van der Waals surface area (Å²) >= 11 is 1.53. The third kappa shape index (κ3) is 3.83. The molecular weight excluding hydrogens is 402 g/mol. The third-order valence-corrected chi connectivity index (χ3v) is 5.64. The van der Waals surface area contributed by atoms with Gasteiger partial charge in [0.25, 0.3) is 11.8 Å². The van der Waals surface area contributed by atoms with E-state index in [0.717, 1.165) is 15.6 Å². The number of pyridine rings is 1. The summed E-state index contributed by atoms with van der Waals surface area (Å²) in [5.41, 5.74) is 7.07. The number of rotatable bonds is 7. The first-order valence-corrected chi connectivity index (χ1v) is 9.97. The molecule has 0 radical (unpaired) electrons. The van der Waals surface area contributed by atoms with Gasteiger partial charge in [0.15, 0.2) is 0 Å². The van der Waals surface area contributed by atoms with Crippen molar-refractivity contribution in [3.8, 4) is 11.4 Å². The van der Waals surface area contributed by atoms with Crippen LogP contribution in [0.3, 0.4) is 0 Å². The van der Waals surface area contributed by atoms with E-state index >= 15 is 0 Å². The minimum absolute atomic E-state index is 0.143. The molecule has 4 rings (SSSR count). The van der Waals surface area contributed by atoms with E-state index in [9.17, 15) is 14.4 Å². The van der Waals surface area contributed by atoms with Crippen LogP contribution in [0.4, 0.5) is 0 Å². The molecule has 0 saturated carbocycles. The number of nitrogens with two attached hydrogens (primary N) is 1. The summed E-state index contributed by atoms with van der Waals surface area (Å²) in [7, 11) is 0. The van der Waals surface area contributed by atoms with Gasteiger partial charge in [0.05, 0.1) is 12.0 Å². The van der Waals surface area contributed by atoms with E-state index in [1.165, 1.54) is 17.7 Å². The Bertz CT molecular complexity index is 1230. The molecule has 3 heterocycles. The standard InChI is InChI=1S/C21H17N5O3S/c22-20(28)19(27)15(9-12-10-30-16-7-2-1-5-13(12)16)26-21(29)18-17(24-11-25-18)14-6-3-4-8-23-14/h1-8,10-11,15H,9H2,(H2,22,28)(H,24,25)(H,26,29). The molecule has 4 aromatic rings. The van der Waals surface area contributed by atoms with Gasteiger partial charge in [-0.25, -0.2) is 4.98 Å². The second kappa shape index (κ2) is 8.26. The van der Waals surface area contributed by atoms with Crippen molar-refractivity contribution in [1.82, 2.24) is 20.3 Å². The van der Waals surface area contributed by atoms with Gasteiger partial charge in [0.1, 0.15) is 17.4 Å². The number of thiophene rings is 1. The number of Topliss-reactive ketones (excluding diaryl/α,β-unsaturated/α-hetero) is 1. The number of carbonyl (C=O) groups excluding carboxylic acids is 3. The van der Waals surface area contributed by atoms with E-state index in [4.69, 9.17) is 5.73 Å². The second-order valence-electron chi connectivity index (χ2n) is 6.56. The number of hydrogen-bond acceptors (Lipinski definition) is 6. The fraction of sp³-hybridized carbons (Fsp3) is 0.0952. The molecule has 4 N–H and O–H groups in total. The molecule has 0 aliphatic carbocycles. The number of benzene rings is 1. The van der Waals surface area contributed by atoms with Gasteiger partial charge in [0.2, 0.25) is 5.78 Å². The van der Waals surface area contributed by atoms with Crippen molar-refractivity contribution in [2.75, 3.05) is 0 Å². The second-order valence-corrected chi connectivity index (χ2v) is 7.47. The van der Waals surface area contributed by atoms with Crippen LogP contribution >= 0.6 is 11.3 Å². The Hall–Kier alpha value is -3.85. The van der Waals surface area contributed by atoms with Gasteiger partial charge >= 0.3 is 0 Å². The van der Waals surface area contributed by atoms with Crippen molar-refractivity contribution in [3.05, 3.63) is 71.6 Å². The Morgan fingerprint density at radius 2 is 1.90 bits per heavy atom. The van der Waals surface area contributed by atoms with E-state index in [-0.39, 0.29) is 12.1 Å². The number of fused-ring (bicyclic) bond motifs is 1. The monoisotopic (exact) mass is 419 g/mol. The summed E-state index contributed by atoms with van der Waals surface area (Å²) in [4.78, 5) is 48.1. The third-order valence-electron chi connectivity index (χ3n) is 4.62. The zero-order chi connectivity index (χ0) is 21.1. The number of aromatic amines is 1. The van der Waals surface area contributed by atoms with Gasteiger partial charge in [-0.15, -0.1) is 11.3 Å². The molecule has 1 unspecified atom stereocenters. The van der Waals surface area contributed by atoms with Crippen molar-refractivity contribution in [2.24, 2.45) is 5.73 Å². The smallest absolute Gasteiger partial charge is 0.287 e. The molecule has 1 atom stereocenters. The van der Waals surface area contributed by atoms with E-state index in [2.05, 4.69) is 20.3 Å². The molecule has 0 fully saturated rings. The van der Waals surface area contributed by atoms with Crippen LogP contribution in [-0.2, 0) is 16.0 Å². The predicted octanol–water partition coefficient (Wildman–Crippen LogP) is 2.08. The Labute approximate surface area is 175 Å². The zero-order valence-corrected chi connectivity index (χ0v) is 16.5. The lowest BCUT2D eigenvalue weighted by molar-refractivity contribution is -0.137.